The summed E-state index contributed by atoms with van der Waals surface area (Å²) >= 11 is 5.75. The van der Waals surface area contributed by atoms with Gasteiger partial charge in [-0.3, -0.25) is 0 Å². The molecule has 4 heterocycles. The molecule has 0 unspecified atom stereocenters. The monoisotopic (exact) mass is 475 g/mol. The number of pyridine rings is 2. The highest BCUT2D eigenvalue weighted by Gasteiger charge is 2.21. The highest BCUT2D eigenvalue weighted by molar-refractivity contribution is 7.80. The Labute approximate surface area is 207 Å². The van der Waals surface area contributed by atoms with E-state index in [0.717, 1.165) is 86.9 Å². The Bertz CT molecular complexity index is 1140. The SMILES string of the molecule is CCN1CCN(c2cc(C)c3cc(NC(=S)N4CCN(c5ccccn5)CC4)ccc3n2)CC1. The predicted molar refractivity (Wildman–Crippen MR) is 145 cm³/mol. The summed E-state index contributed by atoms with van der Waals surface area (Å²) in [6, 6.07) is 14.6. The van der Waals surface area contributed by atoms with E-state index < -0.39 is 0 Å². The Morgan fingerprint density at radius 2 is 1.65 bits per heavy atom. The van der Waals surface area contributed by atoms with Crippen molar-refractivity contribution >= 4 is 45.6 Å². The molecule has 0 saturated carbocycles. The highest BCUT2D eigenvalue weighted by Crippen LogP contribution is 2.26. The van der Waals surface area contributed by atoms with Gasteiger partial charge in [-0.1, -0.05) is 13.0 Å². The number of benzene rings is 1. The number of aromatic nitrogens is 2. The van der Waals surface area contributed by atoms with Gasteiger partial charge in [-0.15, -0.1) is 0 Å². The van der Waals surface area contributed by atoms with Crippen LogP contribution < -0.4 is 15.1 Å². The fourth-order valence-corrected chi connectivity index (χ4v) is 5.09. The molecular weight excluding hydrogens is 442 g/mol. The van der Waals surface area contributed by atoms with Gasteiger partial charge >= 0.3 is 0 Å². The molecule has 7 nitrogen and oxygen atoms in total. The van der Waals surface area contributed by atoms with Gasteiger partial charge in [-0.05, 0) is 67.6 Å². The number of hydrogen-bond acceptors (Lipinski definition) is 6. The van der Waals surface area contributed by atoms with Gasteiger partial charge in [0, 0.05) is 69.6 Å². The molecule has 3 aromatic rings. The first kappa shape index (κ1) is 22.8. The lowest BCUT2D eigenvalue weighted by Gasteiger charge is -2.36. The molecule has 34 heavy (non-hydrogen) atoms. The first-order chi connectivity index (χ1) is 16.6. The highest BCUT2D eigenvalue weighted by atomic mass is 32.1. The molecule has 178 valence electrons. The number of fused-ring (bicyclic) bond motifs is 1. The van der Waals surface area contributed by atoms with Crippen LogP contribution in [0.2, 0.25) is 0 Å². The topological polar surface area (TPSA) is 50.8 Å². The van der Waals surface area contributed by atoms with Crippen LogP contribution in [0.1, 0.15) is 12.5 Å². The van der Waals surface area contributed by atoms with E-state index in [1.165, 1.54) is 10.9 Å². The number of hydrogen-bond donors (Lipinski definition) is 1. The van der Waals surface area contributed by atoms with E-state index >= 15 is 0 Å². The van der Waals surface area contributed by atoms with Crippen molar-refractivity contribution in [3.63, 3.8) is 0 Å². The third-order valence-electron chi connectivity index (χ3n) is 6.94. The lowest BCUT2D eigenvalue weighted by molar-refractivity contribution is 0.270. The third-order valence-corrected chi connectivity index (χ3v) is 7.30. The largest absolute Gasteiger partial charge is 0.354 e. The molecule has 1 aromatic carbocycles. The number of nitrogens with one attached hydrogen (secondary N) is 1. The summed E-state index contributed by atoms with van der Waals surface area (Å²) in [6.07, 6.45) is 1.85. The zero-order valence-electron chi connectivity index (χ0n) is 20.1. The maximum absolute atomic E-state index is 5.75. The molecule has 0 radical (unpaired) electrons. The number of aryl methyl sites for hydroxylation is 1. The van der Waals surface area contributed by atoms with Crippen molar-refractivity contribution in [2.24, 2.45) is 0 Å². The summed E-state index contributed by atoms with van der Waals surface area (Å²) in [6.45, 7) is 13.4. The number of piperazine rings is 2. The average molecular weight is 476 g/mol. The molecule has 0 amide bonds. The fraction of sp³-hybridized carbons (Fsp3) is 0.423. The van der Waals surface area contributed by atoms with Gasteiger partial charge < -0.3 is 24.9 Å². The Kier molecular flexibility index (Phi) is 6.78. The van der Waals surface area contributed by atoms with Crippen LogP contribution in [0, 0.1) is 6.92 Å². The predicted octanol–water partition coefficient (Wildman–Crippen LogP) is 3.60. The number of thiocarbonyl (C=S) groups is 1. The van der Waals surface area contributed by atoms with Crippen LogP contribution in [-0.2, 0) is 0 Å². The zero-order chi connectivity index (χ0) is 23.5. The second kappa shape index (κ2) is 10.1. The molecule has 2 fully saturated rings. The van der Waals surface area contributed by atoms with Crippen LogP contribution in [0.3, 0.4) is 0 Å². The Morgan fingerprint density at radius 1 is 0.912 bits per heavy atom. The second-order valence-corrected chi connectivity index (χ2v) is 9.43. The quantitative estimate of drug-likeness (QED) is 0.575. The van der Waals surface area contributed by atoms with Crippen molar-refractivity contribution in [2.45, 2.75) is 13.8 Å². The fourth-order valence-electron chi connectivity index (χ4n) is 4.79. The van der Waals surface area contributed by atoms with E-state index in [9.17, 15) is 0 Å². The molecule has 2 aliphatic rings. The van der Waals surface area contributed by atoms with Gasteiger partial charge in [0.15, 0.2) is 5.11 Å². The number of likely N-dealkylation sites (N-methyl/N-ethyl adjacent to an activating group) is 1. The van der Waals surface area contributed by atoms with E-state index in [2.05, 4.69) is 74.1 Å². The molecular formula is C26H33N7S. The van der Waals surface area contributed by atoms with E-state index in [1.54, 1.807) is 0 Å². The molecule has 0 aliphatic carbocycles. The number of rotatable bonds is 4. The van der Waals surface area contributed by atoms with E-state index in [0.29, 0.717) is 0 Å². The Morgan fingerprint density at radius 3 is 2.35 bits per heavy atom. The van der Waals surface area contributed by atoms with Gasteiger partial charge in [-0.2, -0.15) is 0 Å². The lowest BCUT2D eigenvalue weighted by Crippen LogP contribution is -2.50. The van der Waals surface area contributed by atoms with E-state index in [1.807, 2.05) is 18.3 Å². The van der Waals surface area contributed by atoms with Crippen LogP contribution in [0.5, 0.6) is 0 Å². The van der Waals surface area contributed by atoms with Crippen LogP contribution in [0.4, 0.5) is 17.3 Å². The van der Waals surface area contributed by atoms with Crippen molar-refractivity contribution in [1.29, 1.82) is 0 Å². The van der Waals surface area contributed by atoms with Crippen LogP contribution >= 0.6 is 12.2 Å². The van der Waals surface area contributed by atoms with Crippen LogP contribution in [-0.4, -0.2) is 83.8 Å². The molecule has 0 bridgehead atoms. The van der Waals surface area contributed by atoms with Gasteiger partial charge in [0.25, 0.3) is 0 Å². The molecule has 2 aromatic heterocycles. The summed E-state index contributed by atoms with van der Waals surface area (Å²) in [4.78, 5) is 18.9. The van der Waals surface area contributed by atoms with Gasteiger partial charge in [-0.25, -0.2) is 9.97 Å². The zero-order valence-corrected chi connectivity index (χ0v) is 20.9. The van der Waals surface area contributed by atoms with Crippen LogP contribution in [0.15, 0.2) is 48.7 Å². The molecule has 2 aliphatic heterocycles. The first-order valence-electron chi connectivity index (χ1n) is 12.2. The standard InChI is InChI=1S/C26H33N7S/c1-3-30-10-12-32(13-11-30)25-18-20(2)22-19-21(7-8-23(22)29-25)28-26(34)33-16-14-31(15-17-33)24-6-4-5-9-27-24/h4-9,18-19H,3,10-17H2,1-2H3,(H,28,34). The summed E-state index contributed by atoms with van der Waals surface area (Å²) < 4.78 is 0. The van der Waals surface area contributed by atoms with Gasteiger partial charge in [0.1, 0.15) is 11.6 Å². The Hall–Kier alpha value is -2.97. The summed E-state index contributed by atoms with van der Waals surface area (Å²) in [5, 5.41) is 5.40. The maximum atomic E-state index is 5.75. The summed E-state index contributed by atoms with van der Waals surface area (Å²) in [7, 11) is 0. The Balaban J connectivity index is 1.23. The summed E-state index contributed by atoms with van der Waals surface area (Å²) in [5.41, 5.74) is 3.30. The van der Waals surface area contributed by atoms with Crippen molar-refractivity contribution in [3.05, 3.63) is 54.2 Å². The molecule has 2 saturated heterocycles. The van der Waals surface area contributed by atoms with Crippen molar-refractivity contribution in [2.75, 3.05) is 74.0 Å². The molecule has 0 spiro atoms. The van der Waals surface area contributed by atoms with Crippen molar-refractivity contribution in [1.82, 2.24) is 19.8 Å². The normalized spacial score (nSPS) is 17.3. The molecule has 1 N–H and O–H groups in total. The number of anilines is 3. The minimum Gasteiger partial charge on any atom is -0.354 e. The minimum absolute atomic E-state index is 0.774. The van der Waals surface area contributed by atoms with E-state index in [-0.39, 0.29) is 0 Å². The van der Waals surface area contributed by atoms with Crippen molar-refractivity contribution < 1.29 is 0 Å². The number of nitrogens with zero attached hydrogens (tertiary/aromatic N) is 6. The second-order valence-electron chi connectivity index (χ2n) is 9.04. The van der Waals surface area contributed by atoms with Crippen molar-refractivity contribution in [3.8, 4) is 0 Å². The molecule has 8 heteroatoms. The van der Waals surface area contributed by atoms with Gasteiger partial charge in [0.2, 0.25) is 0 Å². The summed E-state index contributed by atoms with van der Waals surface area (Å²) in [5.74, 6) is 2.12. The molecule has 0 atom stereocenters. The molecule has 5 rings (SSSR count). The first-order valence-corrected chi connectivity index (χ1v) is 12.6. The van der Waals surface area contributed by atoms with Gasteiger partial charge in [0.05, 0.1) is 5.52 Å². The van der Waals surface area contributed by atoms with Crippen LogP contribution in [0.25, 0.3) is 10.9 Å². The third kappa shape index (κ3) is 4.93. The lowest BCUT2D eigenvalue weighted by atomic mass is 10.1. The smallest absolute Gasteiger partial charge is 0.173 e. The minimum atomic E-state index is 0.774. The van der Waals surface area contributed by atoms with E-state index in [4.69, 9.17) is 17.2 Å². The maximum Gasteiger partial charge on any atom is 0.173 e. The average Bonchev–Trinajstić information content (AvgIpc) is 2.89.